The molecule has 3 aromatic rings. The van der Waals surface area contributed by atoms with Crippen molar-refractivity contribution in [3.63, 3.8) is 0 Å². The van der Waals surface area contributed by atoms with Gasteiger partial charge in [-0.05, 0) is 25.1 Å². The highest BCUT2D eigenvalue weighted by Crippen LogP contribution is 2.28. The summed E-state index contributed by atoms with van der Waals surface area (Å²) in [5.74, 6) is -0.206. The van der Waals surface area contributed by atoms with Crippen molar-refractivity contribution in [1.82, 2.24) is 15.0 Å². The zero-order valence-electron chi connectivity index (χ0n) is 12.8. The molecule has 10 heteroatoms. The van der Waals surface area contributed by atoms with Gasteiger partial charge in [0.25, 0.3) is 9.84 Å². The standard InChI is InChI=1S/C15H12F3N3O3S/c1-9-12(24-8-15(16,17)18)6-7-19-13(9)25(22,23)14-20-10-4-2-3-5-11(10)21-14/h2-7H,8H2,1H3,(H,20,21). The van der Waals surface area contributed by atoms with E-state index >= 15 is 0 Å². The van der Waals surface area contributed by atoms with E-state index in [2.05, 4.69) is 19.7 Å². The lowest BCUT2D eigenvalue weighted by Crippen LogP contribution is -2.20. The monoisotopic (exact) mass is 371 g/mol. The smallest absolute Gasteiger partial charge is 0.422 e. The lowest BCUT2D eigenvalue weighted by atomic mass is 10.3. The van der Waals surface area contributed by atoms with Crippen molar-refractivity contribution in [2.24, 2.45) is 0 Å². The van der Waals surface area contributed by atoms with Crippen LogP contribution in [0.4, 0.5) is 13.2 Å². The summed E-state index contributed by atoms with van der Waals surface area (Å²) >= 11 is 0. The van der Waals surface area contributed by atoms with Crippen LogP contribution < -0.4 is 4.74 Å². The summed E-state index contributed by atoms with van der Waals surface area (Å²) in [7, 11) is -4.15. The topological polar surface area (TPSA) is 84.9 Å². The predicted octanol–water partition coefficient (Wildman–Crippen LogP) is 3.04. The zero-order chi connectivity index (χ0) is 18.2. The molecular formula is C15H12F3N3O3S. The van der Waals surface area contributed by atoms with Crippen LogP contribution in [0.2, 0.25) is 0 Å². The number of sulfone groups is 1. The number of fused-ring (bicyclic) bond motifs is 1. The van der Waals surface area contributed by atoms with E-state index in [0.29, 0.717) is 11.0 Å². The van der Waals surface area contributed by atoms with Gasteiger partial charge in [-0.1, -0.05) is 12.1 Å². The number of ether oxygens (including phenoxy) is 1. The molecule has 2 heterocycles. The first-order valence-electron chi connectivity index (χ1n) is 7.03. The Balaban J connectivity index is 2.02. The van der Waals surface area contributed by atoms with Gasteiger partial charge < -0.3 is 9.72 Å². The first-order chi connectivity index (χ1) is 11.7. The average molecular weight is 371 g/mol. The largest absolute Gasteiger partial charge is 0.484 e. The summed E-state index contributed by atoms with van der Waals surface area (Å²) in [6.45, 7) is -0.198. The average Bonchev–Trinajstić information content (AvgIpc) is 2.98. The second kappa shape index (κ2) is 6.03. The molecule has 1 aromatic carbocycles. The van der Waals surface area contributed by atoms with E-state index in [1.54, 1.807) is 24.3 Å². The molecule has 0 aliphatic carbocycles. The minimum absolute atomic E-state index is 0.0211. The quantitative estimate of drug-likeness (QED) is 0.762. The molecule has 0 spiro atoms. The molecule has 0 atom stereocenters. The number of nitrogens with one attached hydrogen (secondary N) is 1. The molecule has 0 saturated carbocycles. The third kappa shape index (κ3) is 3.43. The van der Waals surface area contributed by atoms with Gasteiger partial charge in [0.05, 0.1) is 11.0 Å². The van der Waals surface area contributed by atoms with Gasteiger partial charge in [-0.2, -0.15) is 13.2 Å². The summed E-state index contributed by atoms with van der Waals surface area (Å²) < 4.78 is 67.1. The number of imidazole rings is 1. The minimum Gasteiger partial charge on any atom is -0.484 e. The van der Waals surface area contributed by atoms with Crippen LogP contribution in [-0.4, -0.2) is 36.2 Å². The maximum atomic E-state index is 12.7. The van der Waals surface area contributed by atoms with E-state index in [1.807, 2.05) is 0 Å². The maximum Gasteiger partial charge on any atom is 0.422 e. The molecule has 3 rings (SSSR count). The molecular weight excluding hydrogens is 359 g/mol. The number of para-hydroxylation sites is 2. The molecule has 0 radical (unpaired) electrons. The van der Waals surface area contributed by atoms with Gasteiger partial charge in [-0.25, -0.2) is 18.4 Å². The van der Waals surface area contributed by atoms with E-state index in [9.17, 15) is 21.6 Å². The van der Waals surface area contributed by atoms with Gasteiger partial charge in [0, 0.05) is 11.8 Å². The molecule has 0 aliphatic heterocycles. The van der Waals surface area contributed by atoms with Crippen LogP contribution >= 0.6 is 0 Å². The fourth-order valence-corrected chi connectivity index (χ4v) is 3.58. The van der Waals surface area contributed by atoms with Gasteiger partial charge in [0.2, 0.25) is 5.16 Å². The fraction of sp³-hybridized carbons (Fsp3) is 0.200. The van der Waals surface area contributed by atoms with E-state index in [-0.39, 0.29) is 16.5 Å². The number of rotatable bonds is 4. The number of pyridine rings is 1. The highest BCUT2D eigenvalue weighted by atomic mass is 32.2. The normalized spacial score (nSPS) is 12.5. The third-order valence-electron chi connectivity index (χ3n) is 3.38. The second-order valence-electron chi connectivity index (χ2n) is 5.21. The number of alkyl halides is 3. The van der Waals surface area contributed by atoms with Gasteiger partial charge in [-0.3, -0.25) is 0 Å². The molecule has 2 aromatic heterocycles. The van der Waals surface area contributed by atoms with E-state index in [0.717, 1.165) is 6.20 Å². The molecule has 1 N–H and O–H groups in total. The van der Waals surface area contributed by atoms with Crippen LogP contribution in [0.25, 0.3) is 11.0 Å². The maximum absolute atomic E-state index is 12.7. The van der Waals surface area contributed by atoms with Crippen LogP contribution in [0.5, 0.6) is 5.75 Å². The Kier molecular flexibility index (Phi) is 4.15. The van der Waals surface area contributed by atoms with Crippen molar-refractivity contribution < 1.29 is 26.3 Å². The Labute approximate surface area is 140 Å². The third-order valence-corrected chi connectivity index (χ3v) is 5.00. The van der Waals surface area contributed by atoms with Crippen molar-refractivity contribution >= 4 is 20.9 Å². The first-order valence-corrected chi connectivity index (χ1v) is 8.52. The van der Waals surface area contributed by atoms with Crippen molar-refractivity contribution in [2.45, 2.75) is 23.3 Å². The lowest BCUT2D eigenvalue weighted by molar-refractivity contribution is -0.153. The molecule has 25 heavy (non-hydrogen) atoms. The number of hydrogen-bond donors (Lipinski definition) is 1. The Morgan fingerprint density at radius 2 is 1.92 bits per heavy atom. The molecule has 0 amide bonds. The summed E-state index contributed by atoms with van der Waals surface area (Å²) in [5, 5.41) is -0.747. The molecule has 0 bridgehead atoms. The lowest BCUT2D eigenvalue weighted by Gasteiger charge is -2.13. The van der Waals surface area contributed by atoms with Crippen LogP contribution in [-0.2, 0) is 9.84 Å². The van der Waals surface area contributed by atoms with Crippen molar-refractivity contribution in [2.75, 3.05) is 6.61 Å². The van der Waals surface area contributed by atoms with Crippen molar-refractivity contribution in [1.29, 1.82) is 0 Å². The number of aromatic nitrogens is 3. The summed E-state index contributed by atoms with van der Waals surface area (Å²) in [6, 6.07) is 7.89. The van der Waals surface area contributed by atoms with Gasteiger partial charge >= 0.3 is 6.18 Å². The Morgan fingerprint density at radius 1 is 1.20 bits per heavy atom. The second-order valence-corrected chi connectivity index (χ2v) is 6.99. The van der Waals surface area contributed by atoms with Crippen molar-refractivity contribution in [3.8, 4) is 5.75 Å². The Morgan fingerprint density at radius 3 is 2.60 bits per heavy atom. The number of aromatic amines is 1. The number of hydrogen-bond acceptors (Lipinski definition) is 5. The molecule has 0 saturated heterocycles. The number of nitrogens with zero attached hydrogens (tertiary/aromatic N) is 2. The molecule has 6 nitrogen and oxygen atoms in total. The Hall–Kier alpha value is -2.62. The summed E-state index contributed by atoms with van der Waals surface area (Å²) in [4.78, 5) is 10.5. The van der Waals surface area contributed by atoms with Crippen LogP contribution in [0.3, 0.4) is 0 Å². The SMILES string of the molecule is Cc1c(OCC(F)(F)F)ccnc1S(=O)(=O)c1nc2ccccc2[nH]1. The van der Waals surface area contributed by atoms with E-state index in [1.165, 1.54) is 13.0 Å². The minimum atomic E-state index is -4.53. The first kappa shape index (κ1) is 17.2. The van der Waals surface area contributed by atoms with E-state index in [4.69, 9.17) is 0 Å². The predicted molar refractivity (Wildman–Crippen MR) is 82.1 cm³/mol. The summed E-state index contributed by atoms with van der Waals surface area (Å²) in [5.41, 5.74) is 0.943. The summed E-state index contributed by atoms with van der Waals surface area (Å²) in [6.07, 6.45) is -3.46. The highest BCUT2D eigenvalue weighted by Gasteiger charge is 2.30. The van der Waals surface area contributed by atoms with E-state index < -0.39 is 27.6 Å². The molecule has 0 unspecified atom stereocenters. The van der Waals surface area contributed by atoms with Gasteiger partial charge in [0.15, 0.2) is 11.6 Å². The van der Waals surface area contributed by atoms with Crippen molar-refractivity contribution in [3.05, 3.63) is 42.1 Å². The number of benzene rings is 1. The van der Waals surface area contributed by atoms with Crippen LogP contribution in [0.1, 0.15) is 5.56 Å². The highest BCUT2D eigenvalue weighted by molar-refractivity contribution is 7.91. The number of H-pyrrole nitrogens is 1. The van der Waals surface area contributed by atoms with Gasteiger partial charge in [0.1, 0.15) is 5.75 Å². The van der Waals surface area contributed by atoms with Gasteiger partial charge in [-0.15, -0.1) is 0 Å². The Bertz CT molecular complexity index is 996. The molecule has 0 fully saturated rings. The molecule has 132 valence electrons. The van der Waals surface area contributed by atoms with Crippen LogP contribution in [0.15, 0.2) is 46.7 Å². The fourth-order valence-electron chi connectivity index (χ4n) is 2.23. The number of halogens is 3. The molecule has 0 aliphatic rings. The van der Waals surface area contributed by atoms with Crippen LogP contribution in [0, 0.1) is 6.92 Å². The zero-order valence-corrected chi connectivity index (χ0v) is 13.6.